The van der Waals surface area contributed by atoms with Gasteiger partial charge in [0.1, 0.15) is 0 Å². The third kappa shape index (κ3) is 4.11. The summed E-state index contributed by atoms with van der Waals surface area (Å²) in [5, 5.41) is 10.2. The summed E-state index contributed by atoms with van der Waals surface area (Å²) in [7, 11) is -3.81. The average Bonchev–Trinajstić information content (AvgIpc) is 2.59. The van der Waals surface area contributed by atoms with Crippen LogP contribution in [-0.4, -0.2) is 25.6 Å². The van der Waals surface area contributed by atoms with E-state index < -0.39 is 22.0 Å². The van der Waals surface area contributed by atoms with Gasteiger partial charge in [0.25, 0.3) is 0 Å². The Morgan fingerprint density at radius 1 is 1.17 bits per heavy atom. The van der Waals surface area contributed by atoms with Gasteiger partial charge in [0.2, 0.25) is 15.9 Å². The fourth-order valence-corrected chi connectivity index (χ4v) is 4.16. The SMILES string of the molecule is CC[C@H](C)C(CC(=O)NO)NS(=O)(=O)c1cccc2ccccc12. The number of hydroxylamine groups is 1. The highest BCUT2D eigenvalue weighted by atomic mass is 32.2. The molecule has 2 rings (SSSR count). The van der Waals surface area contributed by atoms with Gasteiger partial charge in [-0.3, -0.25) is 10.0 Å². The first-order chi connectivity index (χ1) is 11.4. The molecule has 1 amide bonds. The van der Waals surface area contributed by atoms with Gasteiger partial charge in [0.05, 0.1) is 4.90 Å². The average molecular weight is 350 g/mol. The van der Waals surface area contributed by atoms with Crippen LogP contribution in [0.3, 0.4) is 0 Å². The molecule has 0 bridgehead atoms. The molecule has 0 aromatic heterocycles. The van der Waals surface area contributed by atoms with Gasteiger partial charge in [-0.05, 0) is 17.4 Å². The van der Waals surface area contributed by atoms with E-state index in [1.54, 1.807) is 29.7 Å². The second-order valence-electron chi connectivity index (χ2n) is 5.83. The van der Waals surface area contributed by atoms with Crippen molar-refractivity contribution in [1.29, 1.82) is 0 Å². The van der Waals surface area contributed by atoms with E-state index in [-0.39, 0.29) is 17.2 Å². The number of amides is 1. The molecule has 2 atom stereocenters. The number of rotatable bonds is 7. The number of fused-ring (bicyclic) bond motifs is 1. The lowest BCUT2D eigenvalue weighted by Crippen LogP contribution is -2.42. The van der Waals surface area contributed by atoms with Crippen molar-refractivity contribution in [3.63, 3.8) is 0 Å². The molecule has 3 N–H and O–H groups in total. The van der Waals surface area contributed by atoms with E-state index in [9.17, 15) is 13.2 Å². The molecule has 0 aliphatic heterocycles. The zero-order chi connectivity index (χ0) is 17.7. The number of carbonyl (C=O) groups is 1. The largest absolute Gasteiger partial charge is 0.289 e. The second-order valence-corrected chi connectivity index (χ2v) is 7.51. The number of benzene rings is 2. The van der Waals surface area contributed by atoms with E-state index in [0.29, 0.717) is 11.8 Å². The molecular formula is C17H22N2O4S. The number of hydrogen-bond donors (Lipinski definition) is 3. The third-order valence-electron chi connectivity index (χ3n) is 4.21. The fraction of sp³-hybridized carbons (Fsp3) is 0.353. The Morgan fingerprint density at radius 2 is 1.83 bits per heavy atom. The molecule has 0 fully saturated rings. The minimum absolute atomic E-state index is 0.0629. The zero-order valence-corrected chi connectivity index (χ0v) is 14.5. The van der Waals surface area contributed by atoms with E-state index in [4.69, 9.17) is 5.21 Å². The number of carbonyl (C=O) groups excluding carboxylic acids is 1. The van der Waals surface area contributed by atoms with Crippen LogP contribution >= 0.6 is 0 Å². The van der Waals surface area contributed by atoms with Crippen LogP contribution in [0.15, 0.2) is 47.4 Å². The number of hydrogen-bond acceptors (Lipinski definition) is 4. The normalized spacial score (nSPS) is 14.3. The van der Waals surface area contributed by atoms with Gasteiger partial charge in [-0.1, -0.05) is 56.7 Å². The van der Waals surface area contributed by atoms with Gasteiger partial charge in [0.15, 0.2) is 0 Å². The summed E-state index contributed by atoms with van der Waals surface area (Å²) >= 11 is 0. The molecule has 6 nitrogen and oxygen atoms in total. The standard InChI is InChI=1S/C17H22N2O4S/c1-3-12(2)15(11-17(20)18-21)19-24(22,23)16-10-6-8-13-7-4-5-9-14(13)16/h4-10,12,15,19,21H,3,11H2,1-2H3,(H,18,20)/t12-,15?/m0/s1. The van der Waals surface area contributed by atoms with Crippen LogP contribution in [0.25, 0.3) is 10.8 Å². The maximum Gasteiger partial charge on any atom is 0.244 e. The number of nitrogens with one attached hydrogen (secondary N) is 2. The summed E-state index contributed by atoms with van der Waals surface area (Å²) < 4.78 is 28.3. The minimum Gasteiger partial charge on any atom is -0.289 e. The van der Waals surface area contributed by atoms with Gasteiger partial charge in [-0.2, -0.15) is 0 Å². The van der Waals surface area contributed by atoms with Gasteiger partial charge >= 0.3 is 0 Å². The van der Waals surface area contributed by atoms with Crippen molar-refractivity contribution >= 4 is 26.7 Å². The molecule has 1 unspecified atom stereocenters. The highest BCUT2D eigenvalue weighted by molar-refractivity contribution is 7.89. The predicted molar refractivity (Wildman–Crippen MR) is 92.1 cm³/mol. The maximum absolute atomic E-state index is 12.8. The minimum atomic E-state index is -3.81. The van der Waals surface area contributed by atoms with Gasteiger partial charge < -0.3 is 0 Å². The molecule has 24 heavy (non-hydrogen) atoms. The van der Waals surface area contributed by atoms with Crippen LogP contribution in [-0.2, 0) is 14.8 Å². The maximum atomic E-state index is 12.8. The highest BCUT2D eigenvalue weighted by Gasteiger charge is 2.26. The van der Waals surface area contributed by atoms with Crippen molar-refractivity contribution in [1.82, 2.24) is 10.2 Å². The Morgan fingerprint density at radius 3 is 2.50 bits per heavy atom. The monoisotopic (exact) mass is 350 g/mol. The highest BCUT2D eigenvalue weighted by Crippen LogP contribution is 2.24. The summed E-state index contributed by atoms with van der Waals surface area (Å²) in [6.45, 7) is 3.78. The van der Waals surface area contributed by atoms with Crippen molar-refractivity contribution in [2.24, 2.45) is 5.92 Å². The van der Waals surface area contributed by atoms with Gasteiger partial charge in [0, 0.05) is 17.8 Å². The fourth-order valence-electron chi connectivity index (χ4n) is 2.58. The van der Waals surface area contributed by atoms with Crippen LogP contribution in [0.5, 0.6) is 0 Å². The Hall–Kier alpha value is -1.96. The molecule has 0 aliphatic carbocycles. The molecule has 2 aromatic rings. The molecule has 0 spiro atoms. The molecule has 2 aromatic carbocycles. The molecule has 130 valence electrons. The molecule has 0 saturated heterocycles. The quantitative estimate of drug-likeness (QED) is 0.528. The van der Waals surface area contributed by atoms with Gasteiger partial charge in [-0.15, -0.1) is 0 Å². The van der Waals surface area contributed by atoms with E-state index in [2.05, 4.69) is 4.72 Å². The van der Waals surface area contributed by atoms with Crippen LogP contribution in [0.1, 0.15) is 26.7 Å². The lowest BCUT2D eigenvalue weighted by atomic mass is 9.97. The summed E-state index contributed by atoms with van der Waals surface area (Å²) in [5.74, 6) is -0.687. The summed E-state index contributed by atoms with van der Waals surface area (Å²) in [6.07, 6.45) is 0.566. The molecule has 0 radical (unpaired) electrons. The predicted octanol–water partition coefficient (Wildman–Crippen LogP) is 2.43. The van der Waals surface area contributed by atoms with Crippen molar-refractivity contribution < 1.29 is 18.4 Å². The van der Waals surface area contributed by atoms with Crippen molar-refractivity contribution in [2.45, 2.75) is 37.6 Å². The van der Waals surface area contributed by atoms with E-state index in [1.165, 1.54) is 0 Å². The molecule has 0 aliphatic rings. The Kier molecular flexibility index (Phi) is 5.93. The van der Waals surface area contributed by atoms with Crippen LogP contribution in [0.2, 0.25) is 0 Å². The first kappa shape index (κ1) is 18.4. The third-order valence-corrected chi connectivity index (χ3v) is 5.75. The second kappa shape index (κ2) is 7.74. The zero-order valence-electron chi connectivity index (χ0n) is 13.7. The van der Waals surface area contributed by atoms with Gasteiger partial charge in [-0.25, -0.2) is 18.6 Å². The Balaban J connectivity index is 2.38. The summed E-state index contributed by atoms with van der Waals surface area (Å²) in [6, 6.07) is 11.7. The smallest absolute Gasteiger partial charge is 0.244 e. The van der Waals surface area contributed by atoms with Crippen molar-refractivity contribution in [3.8, 4) is 0 Å². The summed E-state index contributed by atoms with van der Waals surface area (Å²) in [5.41, 5.74) is 1.56. The summed E-state index contributed by atoms with van der Waals surface area (Å²) in [4.78, 5) is 11.7. The van der Waals surface area contributed by atoms with Crippen LogP contribution in [0, 0.1) is 5.92 Å². The molecule has 0 saturated carbocycles. The van der Waals surface area contributed by atoms with E-state index in [0.717, 1.165) is 5.39 Å². The molecule has 7 heteroatoms. The Labute approximate surface area is 141 Å². The van der Waals surface area contributed by atoms with E-state index in [1.807, 2.05) is 32.0 Å². The van der Waals surface area contributed by atoms with E-state index >= 15 is 0 Å². The lowest BCUT2D eigenvalue weighted by molar-refractivity contribution is -0.129. The molecular weight excluding hydrogens is 328 g/mol. The molecule has 0 heterocycles. The van der Waals surface area contributed by atoms with Crippen LogP contribution in [0.4, 0.5) is 0 Å². The topological polar surface area (TPSA) is 95.5 Å². The Bertz CT molecular complexity index is 815. The number of sulfonamides is 1. The first-order valence-corrected chi connectivity index (χ1v) is 9.30. The van der Waals surface area contributed by atoms with Crippen LogP contribution < -0.4 is 10.2 Å². The van der Waals surface area contributed by atoms with Crippen molar-refractivity contribution in [3.05, 3.63) is 42.5 Å². The first-order valence-electron chi connectivity index (χ1n) is 7.82. The lowest BCUT2D eigenvalue weighted by Gasteiger charge is -2.23. The van der Waals surface area contributed by atoms with Crippen molar-refractivity contribution in [2.75, 3.05) is 0 Å².